The molecule has 0 radical (unpaired) electrons. The number of nitrogens with zero attached hydrogens (tertiary/aromatic N) is 1. The van der Waals surface area contributed by atoms with Crippen molar-refractivity contribution in [2.24, 2.45) is 5.41 Å². The lowest BCUT2D eigenvalue weighted by atomic mass is 9.71. The van der Waals surface area contributed by atoms with Crippen molar-refractivity contribution in [3.8, 4) is 0 Å². The first-order valence-corrected chi connectivity index (χ1v) is 8.63. The summed E-state index contributed by atoms with van der Waals surface area (Å²) in [5.74, 6) is 0. The Morgan fingerprint density at radius 2 is 1.85 bits per heavy atom. The zero-order chi connectivity index (χ0) is 14.8. The first kappa shape index (κ1) is 16.0. The lowest BCUT2D eigenvalue weighted by Gasteiger charge is -2.46. The Kier molecular flexibility index (Phi) is 4.96. The van der Waals surface area contributed by atoms with Gasteiger partial charge in [-0.3, -0.25) is 4.90 Å². The van der Waals surface area contributed by atoms with Gasteiger partial charge in [0, 0.05) is 10.0 Å². The van der Waals surface area contributed by atoms with Crippen LogP contribution < -0.4 is 0 Å². The molecule has 112 valence electrons. The van der Waals surface area contributed by atoms with Gasteiger partial charge in [-0.05, 0) is 76.2 Å². The molecule has 0 atom stereocenters. The minimum Gasteiger partial charge on any atom is -0.298 e. The predicted octanol–water partition coefficient (Wildman–Crippen LogP) is 5.28. The molecule has 0 spiro atoms. The summed E-state index contributed by atoms with van der Waals surface area (Å²) in [5, 5.41) is 0. The molecule has 0 bridgehead atoms. The second-order valence-corrected chi connectivity index (χ2v) is 8.23. The molecule has 1 nitrogen and oxygen atoms in total. The molecule has 1 aromatic rings. The Hall–Kier alpha value is -0.340. The van der Waals surface area contributed by atoms with Crippen molar-refractivity contribution in [3.63, 3.8) is 0 Å². The van der Waals surface area contributed by atoms with Gasteiger partial charge < -0.3 is 0 Å². The van der Waals surface area contributed by atoms with Gasteiger partial charge in [-0.2, -0.15) is 0 Å². The monoisotopic (exact) mass is 337 g/mol. The van der Waals surface area contributed by atoms with Crippen LogP contribution in [-0.2, 0) is 6.42 Å². The molecule has 1 fully saturated rings. The number of likely N-dealkylation sites (tertiary alicyclic amines) is 1. The van der Waals surface area contributed by atoms with Crippen LogP contribution in [0, 0.1) is 5.41 Å². The molecule has 0 aromatic heterocycles. The zero-order valence-electron chi connectivity index (χ0n) is 13.4. The van der Waals surface area contributed by atoms with E-state index in [2.05, 4.69) is 72.8 Å². The maximum Gasteiger partial charge on any atom is 0.0177 e. The van der Waals surface area contributed by atoms with Crippen molar-refractivity contribution in [1.82, 2.24) is 4.90 Å². The molecule has 0 aliphatic carbocycles. The third-order valence-electron chi connectivity index (χ3n) is 4.99. The number of hydrogen-bond donors (Lipinski definition) is 0. The molecule has 0 saturated carbocycles. The summed E-state index contributed by atoms with van der Waals surface area (Å²) in [6.45, 7) is 11.8. The average molecular weight is 338 g/mol. The first-order valence-electron chi connectivity index (χ1n) is 7.84. The van der Waals surface area contributed by atoms with Gasteiger partial charge in [-0.15, -0.1) is 0 Å². The van der Waals surface area contributed by atoms with Crippen molar-refractivity contribution >= 4 is 15.9 Å². The number of benzene rings is 1. The van der Waals surface area contributed by atoms with Gasteiger partial charge in [0.05, 0.1) is 0 Å². The fourth-order valence-electron chi connectivity index (χ4n) is 3.39. The Morgan fingerprint density at radius 3 is 2.35 bits per heavy atom. The van der Waals surface area contributed by atoms with Crippen molar-refractivity contribution in [2.45, 2.75) is 58.9 Å². The second-order valence-electron chi connectivity index (χ2n) is 7.32. The third kappa shape index (κ3) is 3.85. The van der Waals surface area contributed by atoms with Gasteiger partial charge in [0.1, 0.15) is 0 Å². The number of halogens is 1. The van der Waals surface area contributed by atoms with Crippen LogP contribution in [0.5, 0.6) is 0 Å². The number of rotatable bonds is 3. The number of piperidine rings is 1. The SMILES string of the molecule is CCC1(Cc2cccc(Br)c2)CCN(C(C)(C)C)CC1. The molecular weight excluding hydrogens is 310 g/mol. The zero-order valence-corrected chi connectivity index (χ0v) is 15.0. The van der Waals surface area contributed by atoms with E-state index in [-0.39, 0.29) is 0 Å². The van der Waals surface area contributed by atoms with Crippen molar-refractivity contribution in [3.05, 3.63) is 34.3 Å². The van der Waals surface area contributed by atoms with Crippen molar-refractivity contribution < 1.29 is 0 Å². The van der Waals surface area contributed by atoms with E-state index in [0.29, 0.717) is 11.0 Å². The maximum absolute atomic E-state index is 3.59. The molecule has 0 amide bonds. The highest BCUT2D eigenvalue weighted by molar-refractivity contribution is 9.10. The van der Waals surface area contributed by atoms with E-state index >= 15 is 0 Å². The fraction of sp³-hybridized carbons (Fsp3) is 0.667. The van der Waals surface area contributed by atoms with Crippen LogP contribution in [0.4, 0.5) is 0 Å². The molecule has 1 aromatic carbocycles. The second kappa shape index (κ2) is 6.19. The molecule has 1 saturated heterocycles. The van der Waals surface area contributed by atoms with E-state index in [9.17, 15) is 0 Å². The molecule has 2 rings (SSSR count). The standard InChI is InChI=1S/C18H28BrN/c1-5-18(14-15-7-6-8-16(19)13-15)9-11-20(12-10-18)17(2,3)4/h6-8,13H,5,9-12,14H2,1-4H3. The molecule has 2 heteroatoms. The fourth-order valence-corrected chi connectivity index (χ4v) is 3.83. The molecule has 0 unspecified atom stereocenters. The van der Waals surface area contributed by atoms with Gasteiger partial charge in [0.25, 0.3) is 0 Å². The van der Waals surface area contributed by atoms with Gasteiger partial charge in [0.2, 0.25) is 0 Å². The van der Waals surface area contributed by atoms with Crippen LogP contribution in [0.25, 0.3) is 0 Å². The summed E-state index contributed by atoms with van der Waals surface area (Å²) in [6, 6.07) is 8.84. The topological polar surface area (TPSA) is 3.24 Å². The third-order valence-corrected chi connectivity index (χ3v) is 5.48. The summed E-state index contributed by atoms with van der Waals surface area (Å²) >= 11 is 3.59. The smallest absolute Gasteiger partial charge is 0.0177 e. The summed E-state index contributed by atoms with van der Waals surface area (Å²) < 4.78 is 1.20. The molecule has 1 aliphatic heterocycles. The Balaban J connectivity index is 2.05. The largest absolute Gasteiger partial charge is 0.298 e. The Morgan fingerprint density at radius 1 is 1.20 bits per heavy atom. The quantitative estimate of drug-likeness (QED) is 0.724. The van der Waals surface area contributed by atoms with Crippen LogP contribution in [0.2, 0.25) is 0 Å². The Bertz CT molecular complexity index is 439. The maximum atomic E-state index is 3.59. The van der Waals surface area contributed by atoms with Crippen molar-refractivity contribution in [1.29, 1.82) is 0 Å². The van der Waals surface area contributed by atoms with Crippen LogP contribution >= 0.6 is 15.9 Å². The Labute approximate surface area is 132 Å². The molecule has 1 aliphatic rings. The van der Waals surface area contributed by atoms with E-state index in [0.717, 1.165) is 0 Å². The predicted molar refractivity (Wildman–Crippen MR) is 91.1 cm³/mol. The minimum atomic E-state index is 0.315. The number of hydrogen-bond acceptors (Lipinski definition) is 1. The van der Waals surface area contributed by atoms with Crippen LogP contribution in [0.3, 0.4) is 0 Å². The van der Waals surface area contributed by atoms with E-state index in [4.69, 9.17) is 0 Å². The highest BCUT2D eigenvalue weighted by Crippen LogP contribution is 2.40. The molecule has 20 heavy (non-hydrogen) atoms. The van der Waals surface area contributed by atoms with Gasteiger partial charge in [-0.25, -0.2) is 0 Å². The van der Waals surface area contributed by atoms with Crippen molar-refractivity contribution in [2.75, 3.05) is 13.1 Å². The van der Waals surface area contributed by atoms with Crippen LogP contribution in [-0.4, -0.2) is 23.5 Å². The lowest BCUT2D eigenvalue weighted by molar-refractivity contribution is 0.0402. The summed E-state index contributed by atoms with van der Waals surface area (Å²) in [6.07, 6.45) is 5.17. The highest BCUT2D eigenvalue weighted by Gasteiger charge is 2.36. The normalized spacial score (nSPS) is 20.1. The summed E-state index contributed by atoms with van der Waals surface area (Å²) in [7, 11) is 0. The van der Waals surface area contributed by atoms with Crippen LogP contribution in [0.1, 0.15) is 52.5 Å². The summed E-state index contributed by atoms with van der Waals surface area (Å²) in [4.78, 5) is 2.64. The molecule has 1 heterocycles. The minimum absolute atomic E-state index is 0.315. The molecular formula is C18H28BrN. The molecule has 0 N–H and O–H groups in total. The van der Waals surface area contributed by atoms with E-state index in [1.807, 2.05) is 0 Å². The summed E-state index contributed by atoms with van der Waals surface area (Å²) in [5.41, 5.74) is 2.29. The van der Waals surface area contributed by atoms with E-state index in [1.54, 1.807) is 0 Å². The van der Waals surface area contributed by atoms with Gasteiger partial charge in [0.15, 0.2) is 0 Å². The van der Waals surface area contributed by atoms with E-state index < -0.39 is 0 Å². The van der Waals surface area contributed by atoms with Gasteiger partial charge >= 0.3 is 0 Å². The van der Waals surface area contributed by atoms with E-state index in [1.165, 1.54) is 48.8 Å². The lowest BCUT2D eigenvalue weighted by Crippen LogP contribution is -2.49. The highest BCUT2D eigenvalue weighted by atomic mass is 79.9. The average Bonchev–Trinajstić information content (AvgIpc) is 2.38. The van der Waals surface area contributed by atoms with Crippen LogP contribution in [0.15, 0.2) is 28.7 Å². The van der Waals surface area contributed by atoms with Gasteiger partial charge in [-0.1, -0.05) is 41.4 Å². The first-order chi connectivity index (χ1) is 9.35.